The Morgan fingerprint density at radius 3 is 2.59 bits per heavy atom. The van der Waals surface area contributed by atoms with Crippen molar-refractivity contribution in [1.82, 2.24) is 9.80 Å². The van der Waals surface area contributed by atoms with Gasteiger partial charge in [0.25, 0.3) is 0 Å². The van der Waals surface area contributed by atoms with Crippen LogP contribution in [0.2, 0.25) is 0 Å². The summed E-state index contributed by atoms with van der Waals surface area (Å²) in [5.74, 6) is 0.535. The number of benzene rings is 1. The van der Waals surface area contributed by atoms with Crippen LogP contribution in [-0.4, -0.2) is 53.7 Å². The zero-order chi connectivity index (χ0) is 15.9. The summed E-state index contributed by atoms with van der Waals surface area (Å²) >= 11 is 0. The smallest absolute Gasteiger partial charge is 0.123 e. The van der Waals surface area contributed by atoms with Crippen molar-refractivity contribution >= 4 is 0 Å². The van der Waals surface area contributed by atoms with Gasteiger partial charge in [-0.15, -0.1) is 0 Å². The molecule has 1 saturated heterocycles. The first kappa shape index (κ1) is 17.4. The van der Waals surface area contributed by atoms with E-state index < -0.39 is 0 Å². The quantitative estimate of drug-likeness (QED) is 0.839. The molecule has 1 N–H and O–H groups in total. The van der Waals surface area contributed by atoms with Crippen molar-refractivity contribution in [2.75, 3.05) is 32.8 Å². The molecule has 0 saturated carbocycles. The van der Waals surface area contributed by atoms with Gasteiger partial charge >= 0.3 is 0 Å². The second kappa shape index (κ2) is 8.61. The molecular formula is C18H29FN2O. The Morgan fingerprint density at radius 2 is 1.95 bits per heavy atom. The molecule has 0 bridgehead atoms. The van der Waals surface area contributed by atoms with Crippen LogP contribution in [0.15, 0.2) is 24.3 Å². The molecule has 124 valence electrons. The molecule has 1 heterocycles. The zero-order valence-electron chi connectivity index (χ0n) is 13.8. The van der Waals surface area contributed by atoms with Gasteiger partial charge in [-0.1, -0.05) is 26.0 Å². The minimum Gasteiger partial charge on any atom is -0.396 e. The van der Waals surface area contributed by atoms with Crippen molar-refractivity contribution in [2.24, 2.45) is 5.92 Å². The maximum atomic E-state index is 13.0. The first-order valence-corrected chi connectivity index (χ1v) is 8.40. The summed E-state index contributed by atoms with van der Waals surface area (Å²) in [6, 6.07) is 7.21. The molecular weight excluding hydrogens is 279 g/mol. The maximum absolute atomic E-state index is 13.0. The molecule has 1 aromatic carbocycles. The van der Waals surface area contributed by atoms with E-state index in [0.717, 1.165) is 44.7 Å². The summed E-state index contributed by atoms with van der Waals surface area (Å²) in [7, 11) is 0. The number of hydrogen-bond acceptors (Lipinski definition) is 3. The molecule has 2 rings (SSSR count). The molecule has 0 spiro atoms. The third-order valence-electron chi connectivity index (χ3n) is 4.46. The van der Waals surface area contributed by atoms with E-state index in [1.54, 1.807) is 0 Å². The summed E-state index contributed by atoms with van der Waals surface area (Å²) in [6.07, 6.45) is 2.04. The minimum atomic E-state index is -0.180. The molecule has 1 unspecified atom stereocenters. The van der Waals surface area contributed by atoms with Gasteiger partial charge in [0.2, 0.25) is 0 Å². The second-order valence-corrected chi connectivity index (χ2v) is 6.75. The van der Waals surface area contributed by atoms with E-state index in [0.29, 0.717) is 12.0 Å². The molecule has 0 amide bonds. The van der Waals surface area contributed by atoms with Gasteiger partial charge in [0.1, 0.15) is 5.82 Å². The number of nitrogens with zero attached hydrogens (tertiary/aromatic N) is 2. The average molecular weight is 308 g/mol. The Balaban J connectivity index is 1.89. The highest BCUT2D eigenvalue weighted by Crippen LogP contribution is 2.17. The Bertz CT molecular complexity index is 435. The molecule has 1 aliphatic heterocycles. The van der Waals surface area contributed by atoms with Crippen LogP contribution in [0, 0.1) is 11.7 Å². The highest BCUT2D eigenvalue weighted by molar-refractivity contribution is 5.16. The summed E-state index contributed by atoms with van der Waals surface area (Å²) < 4.78 is 13.0. The van der Waals surface area contributed by atoms with E-state index in [1.165, 1.54) is 18.6 Å². The van der Waals surface area contributed by atoms with E-state index in [1.807, 2.05) is 12.1 Å². The highest BCUT2D eigenvalue weighted by Gasteiger charge is 2.26. The normalized spacial score (nSPS) is 20.7. The lowest BCUT2D eigenvalue weighted by molar-refractivity contribution is 0.0524. The summed E-state index contributed by atoms with van der Waals surface area (Å²) in [5, 5.41) is 9.33. The van der Waals surface area contributed by atoms with E-state index >= 15 is 0 Å². The van der Waals surface area contributed by atoms with Crippen molar-refractivity contribution in [3.8, 4) is 0 Å². The first-order chi connectivity index (χ1) is 10.6. The van der Waals surface area contributed by atoms with Gasteiger partial charge in [-0.3, -0.25) is 9.80 Å². The third-order valence-corrected chi connectivity index (χ3v) is 4.46. The lowest BCUT2D eigenvalue weighted by atomic mass is 10.0. The minimum absolute atomic E-state index is 0.180. The van der Waals surface area contributed by atoms with E-state index in [-0.39, 0.29) is 12.4 Å². The average Bonchev–Trinajstić information content (AvgIpc) is 2.49. The molecule has 1 aromatic rings. The largest absolute Gasteiger partial charge is 0.396 e. The maximum Gasteiger partial charge on any atom is 0.123 e. The van der Waals surface area contributed by atoms with Crippen molar-refractivity contribution in [3.05, 3.63) is 35.6 Å². The van der Waals surface area contributed by atoms with Crippen LogP contribution in [0.5, 0.6) is 0 Å². The molecule has 22 heavy (non-hydrogen) atoms. The van der Waals surface area contributed by atoms with Crippen molar-refractivity contribution in [3.63, 3.8) is 0 Å². The fourth-order valence-corrected chi connectivity index (χ4v) is 3.09. The van der Waals surface area contributed by atoms with Gasteiger partial charge in [0.15, 0.2) is 0 Å². The molecule has 1 aliphatic rings. The first-order valence-electron chi connectivity index (χ1n) is 8.40. The predicted octanol–water partition coefficient (Wildman–Crippen LogP) is 2.74. The van der Waals surface area contributed by atoms with Crippen molar-refractivity contribution in [2.45, 2.75) is 39.3 Å². The molecule has 4 heteroatoms. The van der Waals surface area contributed by atoms with Gasteiger partial charge < -0.3 is 5.11 Å². The van der Waals surface area contributed by atoms with Crippen LogP contribution in [0.1, 0.15) is 32.3 Å². The van der Waals surface area contributed by atoms with Crippen LogP contribution in [-0.2, 0) is 6.54 Å². The Morgan fingerprint density at radius 1 is 1.23 bits per heavy atom. The van der Waals surface area contributed by atoms with Gasteiger partial charge in [-0.25, -0.2) is 4.39 Å². The van der Waals surface area contributed by atoms with Crippen LogP contribution < -0.4 is 0 Å². The van der Waals surface area contributed by atoms with Crippen LogP contribution in [0.3, 0.4) is 0 Å². The monoisotopic (exact) mass is 308 g/mol. The lowest BCUT2D eigenvalue weighted by Crippen LogP contribution is -2.53. The summed E-state index contributed by atoms with van der Waals surface area (Å²) in [4.78, 5) is 4.94. The SMILES string of the molecule is CC(C)CCN1CCN(Cc2ccc(F)cc2)CC1CCO. The molecule has 1 fully saturated rings. The fourth-order valence-electron chi connectivity index (χ4n) is 3.09. The van der Waals surface area contributed by atoms with Crippen molar-refractivity contribution < 1.29 is 9.50 Å². The third kappa shape index (κ3) is 5.34. The van der Waals surface area contributed by atoms with Gasteiger partial charge in [-0.2, -0.15) is 0 Å². The number of hydrogen-bond donors (Lipinski definition) is 1. The Labute approximate surface area is 133 Å². The van der Waals surface area contributed by atoms with Crippen LogP contribution >= 0.6 is 0 Å². The number of piperazine rings is 1. The Kier molecular flexibility index (Phi) is 6.80. The van der Waals surface area contributed by atoms with Gasteiger partial charge in [-0.05, 0) is 43.0 Å². The number of aliphatic hydroxyl groups excluding tert-OH is 1. The van der Waals surface area contributed by atoms with E-state index in [2.05, 4.69) is 23.6 Å². The molecule has 3 nitrogen and oxygen atoms in total. The number of rotatable bonds is 7. The molecule has 0 aromatic heterocycles. The highest BCUT2D eigenvalue weighted by atomic mass is 19.1. The second-order valence-electron chi connectivity index (χ2n) is 6.75. The predicted molar refractivity (Wildman–Crippen MR) is 88.2 cm³/mol. The Hall–Kier alpha value is -0.970. The van der Waals surface area contributed by atoms with E-state index in [4.69, 9.17) is 0 Å². The zero-order valence-corrected chi connectivity index (χ0v) is 13.8. The molecule has 1 atom stereocenters. The standard InChI is InChI=1S/C18H29FN2O/c1-15(2)7-9-21-11-10-20(14-18(21)8-12-22)13-16-3-5-17(19)6-4-16/h3-6,15,18,22H,7-14H2,1-2H3. The van der Waals surface area contributed by atoms with Crippen LogP contribution in [0.25, 0.3) is 0 Å². The molecule has 0 radical (unpaired) electrons. The van der Waals surface area contributed by atoms with Gasteiger partial charge in [0.05, 0.1) is 0 Å². The lowest BCUT2D eigenvalue weighted by Gasteiger charge is -2.41. The van der Waals surface area contributed by atoms with Gasteiger partial charge in [0, 0.05) is 38.8 Å². The summed E-state index contributed by atoms with van der Waals surface area (Å²) in [6.45, 7) is 9.81. The van der Waals surface area contributed by atoms with Crippen LogP contribution in [0.4, 0.5) is 4.39 Å². The number of halogens is 1. The number of aliphatic hydroxyl groups is 1. The fraction of sp³-hybridized carbons (Fsp3) is 0.667. The topological polar surface area (TPSA) is 26.7 Å². The molecule has 0 aliphatic carbocycles. The summed E-state index contributed by atoms with van der Waals surface area (Å²) in [5.41, 5.74) is 1.15. The van der Waals surface area contributed by atoms with Crippen molar-refractivity contribution in [1.29, 1.82) is 0 Å². The van der Waals surface area contributed by atoms with E-state index in [9.17, 15) is 9.50 Å².